The van der Waals surface area contributed by atoms with Gasteiger partial charge >= 0.3 is 0 Å². The molecule has 0 spiro atoms. The molecule has 1 aliphatic rings. The zero-order valence-electron chi connectivity index (χ0n) is 16.0. The lowest BCUT2D eigenvalue weighted by atomic mass is 10.00. The molecule has 0 aliphatic carbocycles. The first-order valence-electron chi connectivity index (χ1n) is 9.23. The number of benzene rings is 2. The van der Waals surface area contributed by atoms with E-state index in [9.17, 15) is 4.79 Å². The predicted molar refractivity (Wildman–Crippen MR) is 110 cm³/mol. The van der Waals surface area contributed by atoms with Crippen molar-refractivity contribution < 1.29 is 9.53 Å². The Balaban J connectivity index is 1.47. The molecular formula is C21H22N4O2S. The van der Waals surface area contributed by atoms with Crippen molar-refractivity contribution in [3.05, 3.63) is 59.9 Å². The van der Waals surface area contributed by atoms with Crippen molar-refractivity contribution in [1.29, 1.82) is 0 Å². The van der Waals surface area contributed by atoms with Crippen molar-refractivity contribution in [2.75, 3.05) is 24.3 Å². The van der Waals surface area contributed by atoms with Crippen molar-refractivity contribution >= 4 is 23.4 Å². The average Bonchev–Trinajstić information content (AvgIpc) is 3.20. The van der Waals surface area contributed by atoms with Gasteiger partial charge in [-0.05, 0) is 55.7 Å². The van der Waals surface area contributed by atoms with Crippen molar-refractivity contribution in [2.24, 2.45) is 0 Å². The molecule has 4 rings (SSSR count). The number of anilines is 1. The van der Waals surface area contributed by atoms with Gasteiger partial charge < -0.3 is 9.64 Å². The highest BCUT2D eigenvalue weighted by Crippen LogP contribution is 2.29. The summed E-state index contributed by atoms with van der Waals surface area (Å²) >= 11 is 1.40. The molecule has 6 nitrogen and oxygen atoms in total. The van der Waals surface area contributed by atoms with Crippen LogP contribution in [0, 0.1) is 6.92 Å². The Labute approximate surface area is 168 Å². The second-order valence-electron chi connectivity index (χ2n) is 6.75. The summed E-state index contributed by atoms with van der Waals surface area (Å²) in [6, 6.07) is 14.0. The van der Waals surface area contributed by atoms with Crippen LogP contribution < -0.4 is 9.64 Å². The summed E-state index contributed by atoms with van der Waals surface area (Å²) < 4.78 is 7.08. The highest BCUT2D eigenvalue weighted by molar-refractivity contribution is 7.99. The summed E-state index contributed by atoms with van der Waals surface area (Å²) in [5.41, 5.74) is 4.46. The molecule has 0 saturated heterocycles. The van der Waals surface area contributed by atoms with Crippen LogP contribution in [0.15, 0.2) is 53.9 Å². The Morgan fingerprint density at radius 2 is 2.04 bits per heavy atom. The zero-order chi connectivity index (χ0) is 19.5. The van der Waals surface area contributed by atoms with E-state index in [1.165, 1.54) is 22.9 Å². The van der Waals surface area contributed by atoms with Gasteiger partial charge in [-0.25, -0.2) is 0 Å². The minimum atomic E-state index is 0.0964. The van der Waals surface area contributed by atoms with E-state index in [0.29, 0.717) is 10.9 Å². The Bertz CT molecular complexity index is 984. The van der Waals surface area contributed by atoms with Gasteiger partial charge in [-0.2, -0.15) is 0 Å². The van der Waals surface area contributed by atoms with Crippen LogP contribution in [0.2, 0.25) is 0 Å². The first kappa shape index (κ1) is 18.6. The molecule has 144 valence electrons. The van der Waals surface area contributed by atoms with E-state index in [-0.39, 0.29) is 5.91 Å². The number of aromatic nitrogens is 3. The first-order valence-corrected chi connectivity index (χ1v) is 10.2. The maximum Gasteiger partial charge on any atom is 0.237 e. The predicted octanol–water partition coefficient (Wildman–Crippen LogP) is 3.66. The molecule has 0 atom stereocenters. The van der Waals surface area contributed by atoms with E-state index < -0.39 is 0 Å². The maximum atomic E-state index is 12.9. The van der Waals surface area contributed by atoms with Crippen LogP contribution in [0.3, 0.4) is 0 Å². The molecule has 0 N–H and O–H groups in total. The molecule has 0 bridgehead atoms. The number of hydrogen-bond acceptors (Lipinski definition) is 5. The number of rotatable bonds is 5. The maximum absolute atomic E-state index is 12.9. The summed E-state index contributed by atoms with van der Waals surface area (Å²) in [7, 11) is 1.64. The van der Waals surface area contributed by atoms with E-state index in [0.717, 1.165) is 36.5 Å². The third-order valence-corrected chi connectivity index (χ3v) is 5.77. The van der Waals surface area contributed by atoms with Gasteiger partial charge in [-0.15, -0.1) is 10.2 Å². The highest BCUT2D eigenvalue weighted by Gasteiger charge is 2.23. The van der Waals surface area contributed by atoms with Gasteiger partial charge in [0.2, 0.25) is 5.91 Å². The van der Waals surface area contributed by atoms with Crippen LogP contribution in [0.25, 0.3) is 5.69 Å². The molecule has 3 aromatic rings. The Kier molecular flexibility index (Phi) is 5.34. The van der Waals surface area contributed by atoms with Crippen LogP contribution in [-0.4, -0.2) is 40.1 Å². The molecule has 1 aromatic heterocycles. The number of carbonyl (C=O) groups is 1. The van der Waals surface area contributed by atoms with E-state index in [2.05, 4.69) is 35.3 Å². The summed E-state index contributed by atoms with van der Waals surface area (Å²) in [6.07, 6.45) is 3.68. The molecule has 7 heteroatoms. The summed E-state index contributed by atoms with van der Waals surface area (Å²) in [6.45, 7) is 2.85. The van der Waals surface area contributed by atoms with Crippen molar-refractivity contribution in [2.45, 2.75) is 24.9 Å². The van der Waals surface area contributed by atoms with Crippen molar-refractivity contribution in [3.8, 4) is 11.4 Å². The average molecular weight is 395 g/mol. The number of nitrogens with zero attached hydrogens (tertiary/aromatic N) is 4. The standard InChI is InChI=1S/C21H22N4O2S/c1-15-5-10-19-16(12-15)4-3-11-24(19)20(26)13-28-21-23-22-14-25(21)17-6-8-18(27-2)9-7-17/h5-10,12,14H,3-4,11,13H2,1-2H3. The zero-order valence-corrected chi connectivity index (χ0v) is 16.8. The van der Waals surface area contributed by atoms with E-state index in [1.807, 2.05) is 33.7 Å². The van der Waals surface area contributed by atoms with Crippen LogP contribution in [0.5, 0.6) is 5.75 Å². The van der Waals surface area contributed by atoms with Gasteiger partial charge in [-0.3, -0.25) is 9.36 Å². The third kappa shape index (κ3) is 3.75. The van der Waals surface area contributed by atoms with Gasteiger partial charge in [0.15, 0.2) is 5.16 Å². The molecule has 1 amide bonds. The number of hydrogen-bond donors (Lipinski definition) is 0. The SMILES string of the molecule is COc1ccc(-n2cnnc2SCC(=O)N2CCCc3cc(C)ccc32)cc1. The summed E-state index contributed by atoms with van der Waals surface area (Å²) in [4.78, 5) is 14.8. The number of ether oxygens (including phenoxy) is 1. The minimum absolute atomic E-state index is 0.0964. The number of thioether (sulfide) groups is 1. The fourth-order valence-corrected chi connectivity index (χ4v) is 4.24. The van der Waals surface area contributed by atoms with Crippen molar-refractivity contribution in [1.82, 2.24) is 14.8 Å². The molecule has 0 radical (unpaired) electrons. The van der Waals surface area contributed by atoms with Gasteiger partial charge in [0.05, 0.1) is 12.9 Å². The lowest BCUT2D eigenvalue weighted by Gasteiger charge is -2.29. The first-order chi connectivity index (χ1) is 13.7. The molecule has 0 fully saturated rings. The summed E-state index contributed by atoms with van der Waals surface area (Å²) in [5, 5.41) is 8.89. The van der Waals surface area contributed by atoms with Crippen LogP contribution in [0.4, 0.5) is 5.69 Å². The molecule has 28 heavy (non-hydrogen) atoms. The summed E-state index contributed by atoms with van der Waals surface area (Å²) in [5.74, 6) is 1.21. The van der Waals surface area contributed by atoms with Gasteiger partial charge in [0.25, 0.3) is 0 Å². The van der Waals surface area contributed by atoms with Crippen LogP contribution >= 0.6 is 11.8 Å². The van der Waals surface area contributed by atoms with E-state index in [1.54, 1.807) is 13.4 Å². The highest BCUT2D eigenvalue weighted by atomic mass is 32.2. The van der Waals surface area contributed by atoms with E-state index in [4.69, 9.17) is 4.74 Å². The second kappa shape index (κ2) is 8.06. The molecule has 2 heterocycles. The number of aryl methyl sites for hydroxylation is 2. The van der Waals surface area contributed by atoms with Gasteiger partial charge in [0.1, 0.15) is 12.1 Å². The minimum Gasteiger partial charge on any atom is -0.497 e. The number of fused-ring (bicyclic) bond motifs is 1. The van der Waals surface area contributed by atoms with E-state index >= 15 is 0 Å². The van der Waals surface area contributed by atoms with Crippen LogP contribution in [-0.2, 0) is 11.2 Å². The van der Waals surface area contributed by atoms with Gasteiger partial charge in [0, 0.05) is 17.9 Å². The molecule has 1 aliphatic heterocycles. The molecule has 0 saturated carbocycles. The quantitative estimate of drug-likeness (QED) is 0.618. The number of methoxy groups -OCH3 is 1. The monoisotopic (exact) mass is 394 g/mol. The molecule has 2 aromatic carbocycles. The van der Waals surface area contributed by atoms with Crippen LogP contribution in [0.1, 0.15) is 17.5 Å². The number of carbonyl (C=O) groups excluding carboxylic acids is 1. The topological polar surface area (TPSA) is 60.2 Å². The van der Waals surface area contributed by atoms with Crippen molar-refractivity contribution in [3.63, 3.8) is 0 Å². The largest absolute Gasteiger partial charge is 0.497 e. The lowest BCUT2D eigenvalue weighted by molar-refractivity contribution is -0.116. The smallest absolute Gasteiger partial charge is 0.237 e. The number of amides is 1. The normalized spacial score (nSPS) is 13.3. The fourth-order valence-electron chi connectivity index (χ4n) is 3.43. The van der Waals surface area contributed by atoms with Gasteiger partial charge in [-0.1, -0.05) is 29.5 Å². The Hall–Kier alpha value is -2.80. The molecule has 0 unspecified atom stereocenters. The third-order valence-electron chi connectivity index (χ3n) is 4.85. The molecular weight excluding hydrogens is 372 g/mol. The second-order valence-corrected chi connectivity index (χ2v) is 7.69. The lowest BCUT2D eigenvalue weighted by Crippen LogP contribution is -2.36. The fraction of sp³-hybridized carbons (Fsp3) is 0.286. The Morgan fingerprint density at radius 1 is 1.21 bits per heavy atom. The Morgan fingerprint density at radius 3 is 2.82 bits per heavy atom.